The first-order valence-electron chi connectivity index (χ1n) is 8.62. The second-order valence-electron chi connectivity index (χ2n) is 6.44. The molecule has 0 bridgehead atoms. The monoisotopic (exact) mass is 372 g/mol. The molecule has 4 N–H and O–H groups in total. The van der Waals surface area contributed by atoms with Crippen LogP contribution in [0.25, 0.3) is 6.08 Å². The van der Waals surface area contributed by atoms with E-state index < -0.39 is 18.8 Å². The molecule has 4 rings (SSSR count). The smallest absolute Gasteiger partial charge is 0.532 e. The highest BCUT2D eigenvalue weighted by molar-refractivity contribution is 6.51. The molecule has 1 atom stereocenters. The number of rotatable bonds is 4. The predicted molar refractivity (Wildman–Crippen MR) is 97.2 cm³/mol. The van der Waals surface area contributed by atoms with E-state index in [0.717, 1.165) is 12.8 Å². The molecule has 1 saturated heterocycles. The first kappa shape index (κ1) is 17.6. The quantitative estimate of drug-likeness (QED) is 0.704. The summed E-state index contributed by atoms with van der Waals surface area (Å²) in [6, 6.07) is 2.98. The summed E-state index contributed by atoms with van der Waals surface area (Å²) in [7, 11) is -1.11. The Bertz CT molecular complexity index is 911. The van der Waals surface area contributed by atoms with Crippen LogP contribution in [-0.2, 0) is 4.74 Å². The van der Waals surface area contributed by atoms with Crippen molar-refractivity contribution in [2.75, 3.05) is 18.5 Å². The van der Waals surface area contributed by atoms with Gasteiger partial charge in [0.2, 0.25) is 0 Å². The fourth-order valence-corrected chi connectivity index (χ4v) is 3.19. The number of ether oxygens (including phenoxy) is 1. The lowest BCUT2D eigenvalue weighted by atomic mass is 9.86. The molecule has 10 heteroatoms. The molecule has 140 valence electrons. The molecule has 2 aromatic rings. The molecule has 2 aliphatic rings. The maximum Gasteiger partial charge on any atom is 0.552 e. The number of aromatic nitrogens is 2. The number of fused-ring (bicyclic) bond motifs is 1. The molecule has 0 unspecified atom stereocenters. The molecule has 0 saturated carbocycles. The highest BCUT2D eigenvalue weighted by atomic mass is 19.1. The van der Waals surface area contributed by atoms with E-state index >= 15 is 0 Å². The molecular weight excluding hydrogens is 354 g/mol. The van der Waals surface area contributed by atoms with Crippen molar-refractivity contribution in [3.63, 3.8) is 0 Å². The first-order chi connectivity index (χ1) is 13.0. The van der Waals surface area contributed by atoms with Crippen LogP contribution < -0.4 is 15.7 Å². The number of benzene rings is 1. The number of amides is 1. The van der Waals surface area contributed by atoms with Crippen molar-refractivity contribution in [1.29, 1.82) is 0 Å². The predicted octanol–water partition coefficient (Wildman–Crippen LogP) is 1.64. The van der Waals surface area contributed by atoms with Crippen LogP contribution >= 0.6 is 0 Å². The summed E-state index contributed by atoms with van der Waals surface area (Å²) in [6.45, 7) is 1.20. The van der Waals surface area contributed by atoms with Gasteiger partial charge < -0.3 is 25.5 Å². The van der Waals surface area contributed by atoms with Gasteiger partial charge in [-0.15, -0.1) is 0 Å². The van der Waals surface area contributed by atoms with Crippen molar-refractivity contribution >= 4 is 30.6 Å². The van der Waals surface area contributed by atoms with E-state index in [1.807, 2.05) is 0 Å². The van der Waals surface area contributed by atoms with E-state index in [9.17, 15) is 14.2 Å². The molecule has 1 aromatic carbocycles. The maximum absolute atomic E-state index is 14.8. The fourth-order valence-electron chi connectivity index (χ4n) is 3.19. The second-order valence-corrected chi connectivity index (χ2v) is 6.44. The zero-order valence-corrected chi connectivity index (χ0v) is 14.4. The molecular formula is C17H18BFN4O4. The van der Waals surface area contributed by atoms with Crippen molar-refractivity contribution in [1.82, 2.24) is 9.78 Å². The number of primary amides is 1. The van der Waals surface area contributed by atoms with Crippen LogP contribution in [0.2, 0.25) is 0 Å². The molecule has 1 aromatic heterocycles. The molecule has 3 heterocycles. The van der Waals surface area contributed by atoms with Gasteiger partial charge in [-0.2, -0.15) is 5.10 Å². The summed E-state index contributed by atoms with van der Waals surface area (Å²) in [5, 5.41) is 16.7. The zero-order chi connectivity index (χ0) is 19.0. The summed E-state index contributed by atoms with van der Waals surface area (Å²) in [5.41, 5.74) is 5.94. The molecule has 2 aliphatic heterocycles. The lowest BCUT2D eigenvalue weighted by molar-refractivity contribution is 0.0550. The van der Waals surface area contributed by atoms with Crippen molar-refractivity contribution in [2.45, 2.75) is 18.9 Å². The third-order valence-corrected chi connectivity index (χ3v) is 4.58. The highest BCUT2D eigenvalue weighted by Crippen LogP contribution is 2.33. The minimum absolute atomic E-state index is 0.00130. The van der Waals surface area contributed by atoms with Gasteiger partial charge in [-0.05, 0) is 30.9 Å². The number of nitrogens with one attached hydrogen (secondary N) is 1. The van der Waals surface area contributed by atoms with E-state index in [1.54, 1.807) is 10.9 Å². The third-order valence-electron chi connectivity index (χ3n) is 4.58. The summed E-state index contributed by atoms with van der Waals surface area (Å²) >= 11 is 0. The van der Waals surface area contributed by atoms with Gasteiger partial charge in [0.25, 0.3) is 5.91 Å². The number of anilines is 2. The van der Waals surface area contributed by atoms with E-state index in [0.29, 0.717) is 13.2 Å². The standard InChI is InChI=1S/C17H18BFN4O4/c19-15-11-5-6-18(25)27-14(11)4-3-13(15)21-17-12(16(20)24)8-23(22-17)10-2-1-7-26-9-10/h3-6,8,10,25H,1-2,7,9H2,(H2,20,24)(H,21,22)/t10-/m1/s1. The minimum atomic E-state index is -1.11. The molecule has 1 amide bonds. The maximum atomic E-state index is 14.8. The van der Waals surface area contributed by atoms with Gasteiger partial charge in [0.1, 0.15) is 11.3 Å². The number of carbonyl (C=O) groups is 1. The molecule has 1 fully saturated rings. The van der Waals surface area contributed by atoms with Gasteiger partial charge in [-0.1, -0.05) is 6.08 Å². The van der Waals surface area contributed by atoms with Crippen molar-refractivity contribution < 1.29 is 23.6 Å². The summed E-state index contributed by atoms with van der Waals surface area (Å²) in [4.78, 5) is 11.8. The van der Waals surface area contributed by atoms with Gasteiger partial charge in [0.05, 0.1) is 23.9 Å². The minimum Gasteiger partial charge on any atom is -0.532 e. The van der Waals surface area contributed by atoms with Crippen LogP contribution in [0.3, 0.4) is 0 Å². The summed E-state index contributed by atoms with van der Waals surface area (Å²) in [5.74, 6) is 0.495. The van der Waals surface area contributed by atoms with Crippen LogP contribution in [-0.4, -0.2) is 41.0 Å². The zero-order valence-electron chi connectivity index (χ0n) is 14.4. The Hall–Kier alpha value is -2.85. The fraction of sp³-hybridized carbons (Fsp3) is 0.294. The molecule has 0 spiro atoms. The van der Waals surface area contributed by atoms with Crippen LogP contribution in [0.4, 0.5) is 15.9 Å². The van der Waals surface area contributed by atoms with Gasteiger partial charge in [-0.3, -0.25) is 9.48 Å². The Morgan fingerprint density at radius 2 is 2.33 bits per heavy atom. The van der Waals surface area contributed by atoms with Gasteiger partial charge in [0.15, 0.2) is 11.6 Å². The van der Waals surface area contributed by atoms with Crippen LogP contribution in [0, 0.1) is 5.82 Å². The lowest BCUT2D eigenvalue weighted by Gasteiger charge is -2.22. The third kappa shape index (κ3) is 3.41. The van der Waals surface area contributed by atoms with Gasteiger partial charge in [-0.25, -0.2) is 4.39 Å². The Morgan fingerprint density at radius 3 is 3.07 bits per heavy atom. The van der Waals surface area contributed by atoms with Crippen molar-refractivity contribution in [2.24, 2.45) is 5.73 Å². The number of nitrogens with two attached hydrogens (primary N) is 1. The number of hydrogen-bond acceptors (Lipinski definition) is 6. The Labute approximate surface area is 154 Å². The molecule has 0 aliphatic carbocycles. The van der Waals surface area contributed by atoms with Crippen molar-refractivity contribution in [3.05, 3.63) is 41.2 Å². The topological polar surface area (TPSA) is 112 Å². The second kappa shape index (κ2) is 7.05. The lowest BCUT2D eigenvalue weighted by Crippen LogP contribution is -2.22. The molecule has 27 heavy (non-hydrogen) atoms. The number of halogens is 1. The first-order valence-corrected chi connectivity index (χ1v) is 8.62. The van der Waals surface area contributed by atoms with Crippen LogP contribution in [0.1, 0.15) is 34.8 Å². The number of nitrogens with zero attached hydrogens (tertiary/aromatic N) is 2. The average Bonchev–Trinajstić information content (AvgIpc) is 3.09. The van der Waals surface area contributed by atoms with Crippen LogP contribution in [0.5, 0.6) is 5.75 Å². The van der Waals surface area contributed by atoms with Crippen LogP contribution in [0.15, 0.2) is 24.3 Å². The average molecular weight is 372 g/mol. The Morgan fingerprint density at radius 1 is 1.48 bits per heavy atom. The number of carbonyl (C=O) groups excluding carboxylic acids is 1. The normalized spacial score (nSPS) is 18.7. The SMILES string of the molecule is NC(=O)c1cn([C@@H]2CCCOC2)nc1Nc1ccc2c(c1F)C=CB(O)O2. The van der Waals surface area contributed by atoms with E-state index in [-0.39, 0.29) is 34.4 Å². The van der Waals surface area contributed by atoms with E-state index in [2.05, 4.69) is 10.4 Å². The van der Waals surface area contributed by atoms with Gasteiger partial charge >= 0.3 is 7.12 Å². The van der Waals surface area contributed by atoms with Gasteiger partial charge in [0, 0.05) is 12.8 Å². The Balaban J connectivity index is 1.66. The molecule has 0 radical (unpaired) electrons. The van der Waals surface area contributed by atoms with E-state index in [4.69, 9.17) is 15.1 Å². The summed E-state index contributed by atoms with van der Waals surface area (Å²) < 4.78 is 27.1. The highest BCUT2D eigenvalue weighted by Gasteiger charge is 2.24. The van der Waals surface area contributed by atoms with E-state index in [1.165, 1.54) is 24.2 Å². The largest absolute Gasteiger partial charge is 0.552 e. The Kier molecular flexibility index (Phi) is 4.58. The molecule has 8 nitrogen and oxygen atoms in total. The van der Waals surface area contributed by atoms with Crippen molar-refractivity contribution in [3.8, 4) is 5.75 Å². The number of hydrogen-bond donors (Lipinski definition) is 3. The summed E-state index contributed by atoms with van der Waals surface area (Å²) in [6.07, 6.45) is 4.77.